The maximum atomic E-state index is 11.9. The molecule has 1 unspecified atom stereocenters. The van der Waals surface area contributed by atoms with Gasteiger partial charge in [-0.15, -0.1) is 0 Å². The molecule has 1 aromatic carbocycles. The first-order chi connectivity index (χ1) is 8.08. The van der Waals surface area contributed by atoms with Crippen molar-refractivity contribution in [2.24, 2.45) is 5.73 Å². The van der Waals surface area contributed by atoms with Gasteiger partial charge in [0.1, 0.15) is 0 Å². The summed E-state index contributed by atoms with van der Waals surface area (Å²) >= 11 is 0. The van der Waals surface area contributed by atoms with Crippen LogP contribution in [0.15, 0.2) is 24.3 Å². The summed E-state index contributed by atoms with van der Waals surface area (Å²) < 4.78 is 0. The van der Waals surface area contributed by atoms with Gasteiger partial charge in [-0.2, -0.15) is 0 Å². The van der Waals surface area contributed by atoms with Crippen LogP contribution in [-0.2, 0) is 0 Å². The highest BCUT2D eigenvalue weighted by atomic mass is 16.2. The molecule has 3 N–H and O–H groups in total. The molecule has 0 aromatic heterocycles. The number of carbonyl (C=O) groups is 1. The highest BCUT2D eigenvalue weighted by Crippen LogP contribution is 2.26. The monoisotopic (exact) mass is 233 g/mol. The minimum absolute atomic E-state index is 0.0204. The third-order valence-electron chi connectivity index (χ3n) is 3.08. The lowest BCUT2D eigenvalue weighted by molar-refractivity contribution is 0.220. The number of carbonyl (C=O) groups excluding carboxylic acids is 1. The molecule has 1 saturated carbocycles. The Labute approximate surface area is 102 Å². The largest absolute Gasteiger partial charge is 0.325 e. The van der Waals surface area contributed by atoms with Gasteiger partial charge in [-0.05, 0) is 37.5 Å². The fourth-order valence-electron chi connectivity index (χ4n) is 1.74. The van der Waals surface area contributed by atoms with E-state index >= 15 is 0 Å². The molecule has 0 spiro atoms. The van der Waals surface area contributed by atoms with E-state index in [1.807, 2.05) is 38.2 Å². The average molecular weight is 233 g/mol. The summed E-state index contributed by atoms with van der Waals surface area (Å²) in [6, 6.07) is 8.03. The second kappa shape index (κ2) is 4.75. The fourth-order valence-corrected chi connectivity index (χ4v) is 1.74. The van der Waals surface area contributed by atoms with Crippen molar-refractivity contribution in [3.05, 3.63) is 29.8 Å². The number of benzene rings is 1. The molecule has 4 heteroatoms. The summed E-state index contributed by atoms with van der Waals surface area (Å²) in [6.07, 6.45) is 2.23. The van der Waals surface area contributed by atoms with Crippen molar-refractivity contribution in [3.63, 3.8) is 0 Å². The van der Waals surface area contributed by atoms with Crippen LogP contribution in [0.4, 0.5) is 10.5 Å². The Bertz CT molecular complexity index is 413. The molecular formula is C13H19N3O. The molecule has 0 bridgehead atoms. The van der Waals surface area contributed by atoms with E-state index in [-0.39, 0.29) is 12.1 Å². The Kier molecular flexibility index (Phi) is 3.33. The van der Waals surface area contributed by atoms with Crippen molar-refractivity contribution >= 4 is 11.7 Å². The molecule has 1 atom stereocenters. The van der Waals surface area contributed by atoms with Crippen LogP contribution in [0, 0.1) is 0 Å². The number of nitrogens with two attached hydrogens (primary N) is 1. The number of rotatable bonds is 3. The van der Waals surface area contributed by atoms with E-state index < -0.39 is 0 Å². The van der Waals surface area contributed by atoms with Gasteiger partial charge in [0.2, 0.25) is 0 Å². The van der Waals surface area contributed by atoms with Crippen molar-refractivity contribution in [1.29, 1.82) is 0 Å². The molecule has 1 aliphatic carbocycles. The molecule has 2 rings (SSSR count). The first-order valence-corrected chi connectivity index (χ1v) is 5.97. The van der Waals surface area contributed by atoms with Crippen LogP contribution >= 0.6 is 0 Å². The lowest BCUT2D eigenvalue weighted by Gasteiger charge is -2.17. The summed E-state index contributed by atoms with van der Waals surface area (Å²) in [7, 11) is 1.84. The summed E-state index contributed by atoms with van der Waals surface area (Å²) in [5, 5.41) is 2.89. The van der Waals surface area contributed by atoms with E-state index in [1.165, 1.54) is 0 Å². The molecule has 4 nitrogen and oxygen atoms in total. The quantitative estimate of drug-likeness (QED) is 0.841. The highest BCUT2D eigenvalue weighted by molar-refractivity contribution is 5.89. The molecule has 0 radical (unpaired) electrons. The first kappa shape index (κ1) is 11.9. The lowest BCUT2D eigenvalue weighted by Crippen LogP contribution is -2.33. The first-order valence-electron chi connectivity index (χ1n) is 5.97. The topological polar surface area (TPSA) is 58.4 Å². The van der Waals surface area contributed by atoms with Gasteiger partial charge >= 0.3 is 6.03 Å². The van der Waals surface area contributed by atoms with Crippen molar-refractivity contribution in [1.82, 2.24) is 4.90 Å². The summed E-state index contributed by atoms with van der Waals surface area (Å²) in [5.41, 5.74) is 7.64. The average Bonchev–Trinajstić information content (AvgIpc) is 3.12. The summed E-state index contributed by atoms with van der Waals surface area (Å²) in [5.74, 6) is 0. The number of urea groups is 1. The molecule has 17 heavy (non-hydrogen) atoms. The molecule has 1 aromatic rings. The summed E-state index contributed by atoms with van der Waals surface area (Å²) in [4.78, 5) is 13.6. The Morgan fingerprint density at radius 3 is 2.82 bits per heavy atom. The normalized spacial score (nSPS) is 16.4. The Balaban J connectivity index is 2.02. The zero-order valence-electron chi connectivity index (χ0n) is 10.3. The van der Waals surface area contributed by atoms with Crippen molar-refractivity contribution in [3.8, 4) is 0 Å². The van der Waals surface area contributed by atoms with Gasteiger partial charge in [-0.3, -0.25) is 0 Å². The maximum absolute atomic E-state index is 11.9. The number of nitrogens with zero attached hydrogens (tertiary/aromatic N) is 1. The molecular weight excluding hydrogens is 214 g/mol. The van der Waals surface area contributed by atoms with E-state index in [0.717, 1.165) is 24.1 Å². The highest BCUT2D eigenvalue weighted by Gasteiger charge is 2.29. The maximum Gasteiger partial charge on any atom is 0.321 e. The lowest BCUT2D eigenvalue weighted by atomic mass is 10.1. The Hall–Kier alpha value is -1.55. The standard InChI is InChI=1S/C13H19N3O/c1-9(14)10-4-3-5-11(8-10)15-13(17)16(2)12-6-7-12/h3-5,8-9,12H,6-7,14H2,1-2H3,(H,15,17). The number of hydrogen-bond acceptors (Lipinski definition) is 2. The number of anilines is 1. The van der Waals surface area contributed by atoms with E-state index in [2.05, 4.69) is 5.32 Å². The van der Waals surface area contributed by atoms with Gasteiger partial charge < -0.3 is 16.0 Å². The molecule has 0 saturated heterocycles. The van der Waals surface area contributed by atoms with E-state index in [9.17, 15) is 4.79 Å². The number of hydrogen-bond donors (Lipinski definition) is 2. The molecule has 0 aliphatic heterocycles. The van der Waals surface area contributed by atoms with Crippen LogP contribution in [0.3, 0.4) is 0 Å². The van der Waals surface area contributed by atoms with E-state index in [1.54, 1.807) is 4.90 Å². The van der Waals surface area contributed by atoms with Gasteiger partial charge in [-0.25, -0.2) is 4.79 Å². The van der Waals surface area contributed by atoms with Crippen LogP contribution in [0.5, 0.6) is 0 Å². The van der Waals surface area contributed by atoms with Crippen LogP contribution in [0.2, 0.25) is 0 Å². The minimum Gasteiger partial charge on any atom is -0.325 e. The molecule has 92 valence electrons. The van der Waals surface area contributed by atoms with Crippen molar-refractivity contribution in [2.45, 2.75) is 31.8 Å². The van der Waals surface area contributed by atoms with Crippen molar-refractivity contribution in [2.75, 3.05) is 12.4 Å². The van der Waals surface area contributed by atoms with Gasteiger partial charge in [0.15, 0.2) is 0 Å². The van der Waals surface area contributed by atoms with E-state index in [4.69, 9.17) is 5.73 Å². The number of amides is 2. The molecule has 1 aliphatic rings. The minimum atomic E-state index is -0.0469. The Morgan fingerprint density at radius 1 is 1.53 bits per heavy atom. The predicted octanol–water partition coefficient (Wildman–Crippen LogP) is 2.33. The fraction of sp³-hybridized carbons (Fsp3) is 0.462. The van der Waals surface area contributed by atoms with Crippen LogP contribution in [0.25, 0.3) is 0 Å². The molecule has 1 fully saturated rings. The smallest absolute Gasteiger partial charge is 0.321 e. The van der Waals surface area contributed by atoms with Crippen LogP contribution < -0.4 is 11.1 Å². The zero-order valence-corrected chi connectivity index (χ0v) is 10.3. The van der Waals surface area contributed by atoms with Crippen molar-refractivity contribution < 1.29 is 4.79 Å². The van der Waals surface area contributed by atoms with Crippen LogP contribution in [0.1, 0.15) is 31.4 Å². The molecule has 2 amide bonds. The van der Waals surface area contributed by atoms with Gasteiger partial charge in [0.05, 0.1) is 0 Å². The zero-order chi connectivity index (χ0) is 12.4. The van der Waals surface area contributed by atoms with Gasteiger partial charge in [0.25, 0.3) is 0 Å². The molecule has 0 heterocycles. The second-order valence-corrected chi connectivity index (χ2v) is 4.69. The summed E-state index contributed by atoms with van der Waals surface area (Å²) in [6.45, 7) is 1.93. The Morgan fingerprint density at radius 2 is 2.24 bits per heavy atom. The van der Waals surface area contributed by atoms with Crippen LogP contribution in [-0.4, -0.2) is 24.0 Å². The third-order valence-corrected chi connectivity index (χ3v) is 3.08. The predicted molar refractivity (Wildman–Crippen MR) is 68.8 cm³/mol. The number of nitrogens with one attached hydrogen (secondary N) is 1. The third kappa shape index (κ3) is 2.97. The van der Waals surface area contributed by atoms with E-state index in [0.29, 0.717) is 6.04 Å². The van der Waals surface area contributed by atoms with Gasteiger partial charge in [-0.1, -0.05) is 12.1 Å². The SMILES string of the molecule is CC(N)c1cccc(NC(=O)N(C)C2CC2)c1. The van der Waals surface area contributed by atoms with Gasteiger partial charge in [0, 0.05) is 24.8 Å². The second-order valence-electron chi connectivity index (χ2n) is 4.69.